The lowest BCUT2D eigenvalue weighted by Gasteiger charge is -2.26. The van der Waals surface area contributed by atoms with Gasteiger partial charge in [0.15, 0.2) is 27.8 Å². The maximum Gasteiger partial charge on any atom is 0.338 e. The summed E-state index contributed by atoms with van der Waals surface area (Å²) in [5, 5.41) is 9.06. The van der Waals surface area contributed by atoms with Crippen LogP contribution in [-0.4, -0.2) is 38.5 Å². The number of thiazole rings is 1. The summed E-state index contributed by atoms with van der Waals surface area (Å²) in [6.07, 6.45) is 1.76. The minimum atomic E-state index is -0.880. The molecule has 0 bridgehead atoms. The van der Waals surface area contributed by atoms with Crippen LogP contribution in [0.4, 0.5) is 0 Å². The SMILES string of the molecule is CCOC(=O)C1=C(c2ccccc2)N=c2s/c(=C\c3ccc(OCc4ccc(C#N)cc4)c(OC)c3)c(=O)n2[C@H]1c1ccc(OC)c(OC)c1. The summed E-state index contributed by atoms with van der Waals surface area (Å²) in [5.74, 6) is 1.38. The van der Waals surface area contributed by atoms with Crippen molar-refractivity contribution in [1.29, 1.82) is 5.26 Å². The van der Waals surface area contributed by atoms with E-state index in [4.69, 9.17) is 33.9 Å². The Morgan fingerprint density at radius 2 is 1.60 bits per heavy atom. The molecule has 0 fully saturated rings. The van der Waals surface area contributed by atoms with Gasteiger partial charge in [-0.15, -0.1) is 0 Å². The number of benzene rings is 4. The van der Waals surface area contributed by atoms with Crippen LogP contribution in [0.2, 0.25) is 0 Å². The fraction of sp³-hybridized carbons (Fsp3) is 0.179. The van der Waals surface area contributed by atoms with Gasteiger partial charge in [0.1, 0.15) is 6.61 Å². The average molecular weight is 688 g/mol. The number of ether oxygens (including phenoxy) is 5. The van der Waals surface area contributed by atoms with Crippen molar-refractivity contribution in [1.82, 2.24) is 4.57 Å². The first kappa shape index (κ1) is 33.8. The summed E-state index contributed by atoms with van der Waals surface area (Å²) in [6.45, 7) is 2.16. The van der Waals surface area contributed by atoms with E-state index in [2.05, 4.69) is 6.07 Å². The second-order valence-corrected chi connectivity index (χ2v) is 12.1. The van der Waals surface area contributed by atoms with Crippen LogP contribution in [0.1, 0.15) is 40.8 Å². The van der Waals surface area contributed by atoms with Gasteiger partial charge < -0.3 is 23.7 Å². The molecule has 0 N–H and O–H groups in total. The molecule has 1 atom stereocenters. The van der Waals surface area contributed by atoms with Crippen LogP contribution in [0.15, 0.2) is 106 Å². The van der Waals surface area contributed by atoms with Crippen molar-refractivity contribution < 1.29 is 28.5 Å². The largest absolute Gasteiger partial charge is 0.493 e. The van der Waals surface area contributed by atoms with E-state index >= 15 is 0 Å². The Balaban J connectivity index is 1.47. The molecule has 6 rings (SSSR count). The number of fused-ring (bicyclic) bond motifs is 1. The molecule has 1 aliphatic rings. The Hall–Kier alpha value is -6.12. The predicted octanol–water partition coefficient (Wildman–Crippen LogP) is 5.41. The number of methoxy groups -OCH3 is 3. The first-order valence-electron chi connectivity index (χ1n) is 15.7. The fourth-order valence-electron chi connectivity index (χ4n) is 5.66. The third kappa shape index (κ3) is 6.74. The van der Waals surface area contributed by atoms with E-state index in [1.165, 1.54) is 23.0 Å². The van der Waals surface area contributed by atoms with E-state index in [-0.39, 0.29) is 24.3 Å². The van der Waals surface area contributed by atoms with E-state index in [0.717, 1.165) is 5.56 Å². The van der Waals surface area contributed by atoms with E-state index in [1.807, 2.05) is 48.5 Å². The molecule has 0 saturated heterocycles. The molecule has 252 valence electrons. The minimum Gasteiger partial charge on any atom is -0.493 e. The standard InChI is InChI=1S/C39H33N3O7S/c1-5-48-38(44)34-35(27-9-7-6-8-10-27)41-39-42(36(34)28-16-18-29(45-2)32(21-28)47-4)37(43)33(50-39)20-26-15-17-30(31(19-26)46-3)49-23-25-13-11-24(22-40)12-14-25/h6-21,36H,5,23H2,1-4H3/b33-20-/t36-/m0/s1. The number of hydrogen-bond donors (Lipinski definition) is 0. The number of carbonyl (C=O) groups is 1. The highest BCUT2D eigenvalue weighted by Crippen LogP contribution is 2.38. The molecule has 5 aromatic rings. The number of rotatable bonds is 11. The van der Waals surface area contributed by atoms with Gasteiger partial charge in [-0.2, -0.15) is 5.26 Å². The number of carbonyl (C=O) groups excluding carboxylic acids is 1. The molecule has 1 aliphatic heterocycles. The van der Waals surface area contributed by atoms with Gasteiger partial charge in [-0.05, 0) is 66.1 Å². The Labute approximate surface area is 292 Å². The Morgan fingerprint density at radius 1 is 0.900 bits per heavy atom. The van der Waals surface area contributed by atoms with Crippen LogP contribution in [0.25, 0.3) is 11.8 Å². The van der Waals surface area contributed by atoms with Gasteiger partial charge in [-0.1, -0.05) is 65.9 Å². The molecule has 0 radical (unpaired) electrons. The highest BCUT2D eigenvalue weighted by atomic mass is 32.1. The van der Waals surface area contributed by atoms with Crippen molar-refractivity contribution >= 4 is 29.1 Å². The van der Waals surface area contributed by atoms with E-state index in [0.29, 0.717) is 60.3 Å². The summed E-state index contributed by atoms with van der Waals surface area (Å²) in [6, 6.07) is 28.5. The van der Waals surface area contributed by atoms with Crippen LogP contribution in [0.5, 0.6) is 23.0 Å². The number of nitrogens with zero attached hydrogens (tertiary/aromatic N) is 3. The van der Waals surface area contributed by atoms with Crippen LogP contribution in [-0.2, 0) is 16.1 Å². The molecule has 0 unspecified atom stereocenters. The molecule has 2 heterocycles. The third-order valence-corrected chi connectivity index (χ3v) is 9.04. The van der Waals surface area contributed by atoms with Gasteiger partial charge in [0, 0.05) is 5.56 Å². The van der Waals surface area contributed by atoms with Crippen LogP contribution >= 0.6 is 11.3 Å². The van der Waals surface area contributed by atoms with Crippen molar-refractivity contribution in [2.75, 3.05) is 27.9 Å². The van der Waals surface area contributed by atoms with Gasteiger partial charge in [-0.25, -0.2) is 9.79 Å². The van der Waals surface area contributed by atoms with Crippen LogP contribution in [0.3, 0.4) is 0 Å². The second-order valence-electron chi connectivity index (χ2n) is 11.1. The van der Waals surface area contributed by atoms with Crippen LogP contribution < -0.4 is 33.8 Å². The molecule has 50 heavy (non-hydrogen) atoms. The lowest BCUT2D eigenvalue weighted by molar-refractivity contribution is -0.138. The van der Waals surface area contributed by atoms with Crippen molar-refractivity contribution in [3.63, 3.8) is 0 Å². The molecule has 1 aromatic heterocycles. The number of esters is 1. The average Bonchev–Trinajstić information content (AvgIpc) is 3.47. The maximum absolute atomic E-state index is 14.4. The molecule has 0 saturated carbocycles. The van der Waals surface area contributed by atoms with Crippen molar-refractivity contribution in [3.8, 4) is 29.1 Å². The smallest absolute Gasteiger partial charge is 0.338 e. The normalized spacial score (nSPS) is 13.9. The summed E-state index contributed by atoms with van der Waals surface area (Å²) in [4.78, 5) is 33.5. The summed E-state index contributed by atoms with van der Waals surface area (Å²) >= 11 is 1.22. The Kier molecular flexibility index (Phi) is 10.1. The zero-order valence-electron chi connectivity index (χ0n) is 27.8. The lowest BCUT2D eigenvalue weighted by Crippen LogP contribution is -2.40. The number of aromatic nitrogens is 1. The topological polar surface area (TPSA) is 121 Å². The number of nitriles is 1. The zero-order chi connectivity index (χ0) is 35.2. The Bertz CT molecular complexity index is 2300. The molecular weight excluding hydrogens is 655 g/mol. The van der Waals surface area contributed by atoms with Gasteiger partial charge >= 0.3 is 5.97 Å². The molecule has 0 amide bonds. The summed E-state index contributed by atoms with van der Waals surface area (Å²) in [5.41, 5.74) is 3.82. The van der Waals surface area contributed by atoms with E-state index in [9.17, 15) is 9.59 Å². The molecule has 10 nitrogen and oxygen atoms in total. The zero-order valence-corrected chi connectivity index (χ0v) is 28.7. The van der Waals surface area contributed by atoms with E-state index < -0.39 is 12.0 Å². The minimum absolute atomic E-state index is 0.141. The maximum atomic E-state index is 14.4. The van der Waals surface area contributed by atoms with Crippen LogP contribution in [0, 0.1) is 11.3 Å². The van der Waals surface area contributed by atoms with E-state index in [1.54, 1.807) is 69.7 Å². The quantitative estimate of drug-likeness (QED) is 0.169. The molecule has 0 spiro atoms. The van der Waals surface area contributed by atoms with Crippen molar-refractivity contribution in [2.45, 2.75) is 19.6 Å². The number of hydrogen-bond acceptors (Lipinski definition) is 10. The molecule has 11 heteroatoms. The molecule has 0 aliphatic carbocycles. The van der Waals surface area contributed by atoms with Gasteiger partial charge in [-0.3, -0.25) is 9.36 Å². The Morgan fingerprint density at radius 3 is 2.28 bits per heavy atom. The monoisotopic (exact) mass is 687 g/mol. The third-order valence-electron chi connectivity index (χ3n) is 8.06. The molecular formula is C39H33N3O7S. The predicted molar refractivity (Wildman–Crippen MR) is 189 cm³/mol. The first-order valence-corrected chi connectivity index (χ1v) is 16.5. The fourth-order valence-corrected chi connectivity index (χ4v) is 6.66. The van der Waals surface area contributed by atoms with Crippen molar-refractivity contribution in [3.05, 3.63) is 144 Å². The lowest BCUT2D eigenvalue weighted by atomic mass is 9.93. The van der Waals surface area contributed by atoms with Gasteiger partial charge in [0.25, 0.3) is 5.56 Å². The summed E-state index contributed by atoms with van der Waals surface area (Å²) < 4.78 is 30.2. The molecule has 4 aromatic carbocycles. The highest BCUT2D eigenvalue weighted by Gasteiger charge is 2.35. The van der Waals surface area contributed by atoms with Gasteiger partial charge in [0.2, 0.25) is 0 Å². The summed E-state index contributed by atoms with van der Waals surface area (Å²) in [7, 11) is 4.62. The first-order chi connectivity index (χ1) is 24.4. The highest BCUT2D eigenvalue weighted by molar-refractivity contribution is 7.07. The van der Waals surface area contributed by atoms with Gasteiger partial charge in [0.05, 0.1) is 61.4 Å². The van der Waals surface area contributed by atoms with Crippen molar-refractivity contribution in [2.24, 2.45) is 4.99 Å². The second kappa shape index (κ2) is 15.0.